The number of nitrogens with zero attached hydrogens (tertiary/aromatic N) is 4. The minimum absolute atomic E-state index is 0.114. The molecule has 1 saturated heterocycles. The van der Waals surface area contributed by atoms with E-state index in [4.69, 9.17) is 9.47 Å². The number of carbonyl (C=O) groups is 1. The third kappa shape index (κ3) is 3.70. The Bertz CT molecular complexity index is 1450. The summed E-state index contributed by atoms with van der Waals surface area (Å²) in [6.45, 7) is 6.12. The van der Waals surface area contributed by atoms with Crippen LogP contribution in [0.2, 0.25) is 0 Å². The molecule has 9 nitrogen and oxygen atoms in total. The Kier molecular flexibility index (Phi) is 5.80. The van der Waals surface area contributed by atoms with E-state index in [2.05, 4.69) is 39.3 Å². The number of aromatic nitrogens is 4. The first kappa shape index (κ1) is 23.2. The fourth-order valence-electron chi connectivity index (χ4n) is 5.63. The number of nitrogens with one attached hydrogen (secondary N) is 2. The minimum atomic E-state index is -0.379. The number of fused-ring (bicyclic) bond motifs is 4. The van der Waals surface area contributed by atoms with Crippen LogP contribution in [-0.2, 0) is 22.4 Å². The number of thiophene rings is 1. The molecule has 0 bridgehead atoms. The summed E-state index contributed by atoms with van der Waals surface area (Å²) in [6, 6.07) is 4.05. The minimum Gasteiger partial charge on any atom is -0.494 e. The van der Waals surface area contributed by atoms with E-state index in [0.717, 1.165) is 58.3 Å². The van der Waals surface area contributed by atoms with Gasteiger partial charge in [-0.2, -0.15) is 5.10 Å². The highest BCUT2D eigenvalue weighted by molar-refractivity contribution is 7.19. The predicted octanol–water partition coefficient (Wildman–Crippen LogP) is 4.45. The number of hydrogen-bond acceptors (Lipinski definition) is 8. The van der Waals surface area contributed by atoms with Gasteiger partial charge in [0.25, 0.3) is 0 Å². The zero-order chi connectivity index (χ0) is 24.9. The molecule has 1 fully saturated rings. The van der Waals surface area contributed by atoms with Crippen LogP contribution in [0.3, 0.4) is 0 Å². The van der Waals surface area contributed by atoms with Gasteiger partial charge in [0.05, 0.1) is 54.6 Å². The summed E-state index contributed by atoms with van der Waals surface area (Å²) in [6.07, 6.45) is 6.61. The van der Waals surface area contributed by atoms with Crippen LogP contribution in [-0.4, -0.2) is 63.9 Å². The number of H-pyrrole nitrogens is 1. The number of rotatable bonds is 5. The first-order valence-electron chi connectivity index (χ1n) is 12.4. The topological polar surface area (TPSA) is 105 Å². The van der Waals surface area contributed by atoms with E-state index < -0.39 is 0 Å². The lowest BCUT2D eigenvalue weighted by Crippen LogP contribution is -2.54. The Morgan fingerprint density at radius 2 is 2.28 bits per heavy atom. The average Bonchev–Trinajstić information content (AvgIpc) is 3.51. The Hall–Kier alpha value is -3.24. The molecule has 1 aliphatic heterocycles. The zero-order valence-electron chi connectivity index (χ0n) is 20.8. The Balaban J connectivity index is 1.36. The van der Waals surface area contributed by atoms with Crippen molar-refractivity contribution in [2.24, 2.45) is 5.41 Å². The van der Waals surface area contributed by atoms with Crippen molar-refractivity contribution in [3.8, 4) is 5.75 Å². The standard InChI is InChI=1S/C26H30N6O3S/c1-4-26(25(33)32-7-8-35-13-15(32)2)6-5-17-21(11-26)36-24-22(17)23(27-14-28-24)30-19-9-16-12-29-31-18(16)10-20(19)34-3/h9-10,12,14-15H,4-8,11,13H2,1-3H3,(H,29,31)(H,27,28,30)/t15-,26-/m1/s1. The van der Waals surface area contributed by atoms with Crippen LogP contribution in [0, 0.1) is 5.41 Å². The number of hydrogen-bond donors (Lipinski definition) is 2. The van der Waals surface area contributed by atoms with Gasteiger partial charge >= 0.3 is 0 Å². The average molecular weight is 507 g/mol. The summed E-state index contributed by atoms with van der Waals surface area (Å²) in [4.78, 5) is 27.3. The van der Waals surface area contributed by atoms with E-state index in [1.165, 1.54) is 10.4 Å². The van der Waals surface area contributed by atoms with E-state index in [1.807, 2.05) is 17.0 Å². The summed E-state index contributed by atoms with van der Waals surface area (Å²) in [5.41, 5.74) is 2.61. The molecule has 4 aromatic rings. The number of amides is 1. The quantitative estimate of drug-likeness (QED) is 0.412. The molecule has 3 aromatic heterocycles. The van der Waals surface area contributed by atoms with Gasteiger partial charge in [0.15, 0.2) is 0 Å². The summed E-state index contributed by atoms with van der Waals surface area (Å²) in [7, 11) is 1.65. The third-order valence-corrected chi connectivity index (χ3v) is 8.94. The van der Waals surface area contributed by atoms with Gasteiger partial charge < -0.3 is 19.7 Å². The molecule has 4 heterocycles. The van der Waals surface area contributed by atoms with Crippen molar-refractivity contribution in [3.63, 3.8) is 0 Å². The van der Waals surface area contributed by atoms with Crippen molar-refractivity contribution in [2.75, 3.05) is 32.2 Å². The molecule has 2 N–H and O–H groups in total. The van der Waals surface area contributed by atoms with Gasteiger partial charge in [0, 0.05) is 22.9 Å². The molecule has 1 aliphatic carbocycles. The second-order valence-electron chi connectivity index (χ2n) is 9.77. The monoisotopic (exact) mass is 506 g/mol. The van der Waals surface area contributed by atoms with Gasteiger partial charge in [-0.05, 0) is 44.2 Å². The van der Waals surface area contributed by atoms with Gasteiger partial charge in [-0.25, -0.2) is 9.97 Å². The van der Waals surface area contributed by atoms with Crippen LogP contribution >= 0.6 is 11.3 Å². The number of methoxy groups -OCH3 is 1. The smallest absolute Gasteiger partial charge is 0.229 e. The lowest BCUT2D eigenvalue weighted by molar-refractivity contribution is -0.151. The molecule has 10 heteroatoms. The molecule has 1 amide bonds. The number of benzene rings is 1. The summed E-state index contributed by atoms with van der Waals surface area (Å²) >= 11 is 1.69. The highest BCUT2D eigenvalue weighted by Gasteiger charge is 2.45. The Morgan fingerprint density at radius 1 is 1.39 bits per heavy atom. The highest BCUT2D eigenvalue weighted by atomic mass is 32.1. The van der Waals surface area contributed by atoms with Crippen molar-refractivity contribution in [1.82, 2.24) is 25.1 Å². The third-order valence-electron chi connectivity index (χ3n) is 7.80. The molecule has 0 spiro atoms. The van der Waals surface area contributed by atoms with Crippen LogP contribution < -0.4 is 10.1 Å². The fraction of sp³-hybridized carbons (Fsp3) is 0.462. The highest BCUT2D eigenvalue weighted by Crippen LogP contribution is 2.47. The molecule has 36 heavy (non-hydrogen) atoms. The van der Waals surface area contributed by atoms with Crippen molar-refractivity contribution in [1.29, 1.82) is 0 Å². The van der Waals surface area contributed by atoms with Crippen LogP contribution in [0.1, 0.15) is 37.1 Å². The summed E-state index contributed by atoms with van der Waals surface area (Å²) in [5, 5.41) is 12.6. The second kappa shape index (κ2) is 9.01. The van der Waals surface area contributed by atoms with Gasteiger partial charge in [-0.1, -0.05) is 6.92 Å². The first-order valence-corrected chi connectivity index (χ1v) is 13.3. The Labute approximate surface area is 213 Å². The largest absolute Gasteiger partial charge is 0.494 e. The number of morpholine rings is 1. The maximum Gasteiger partial charge on any atom is 0.229 e. The van der Waals surface area contributed by atoms with Crippen molar-refractivity contribution >= 4 is 49.9 Å². The molecule has 2 atom stereocenters. The normalized spacial score (nSPS) is 22.1. The second-order valence-corrected chi connectivity index (χ2v) is 10.9. The number of aryl methyl sites for hydroxylation is 1. The van der Waals surface area contributed by atoms with Crippen molar-refractivity contribution < 1.29 is 14.3 Å². The van der Waals surface area contributed by atoms with E-state index in [1.54, 1.807) is 31.0 Å². The lowest BCUT2D eigenvalue weighted by Gasteiger charge is -2.43. The SMILES string of the molecule is CC[C@@]1(C(=O)N2CCOC[C@H]2C)CCc2c(sc3ncnc(Nc4cc5cn[nH]c5cc4OC)c23)C1. The zero-order valence-corrected chi connectivity index (χ0v) is 21.6. The van der Waals surface area contributed by atoms with Crippen LogP contribution in [0.15, 0.2) is 24.7 Å². The van der Waals surface area contributed by atoms with E-state index >= 15 is 0 Å². The molecule has 188 valence electrons. The van der Waals surface area contributed by atoms with Crippen molar-refractivity contribution in [2.45, 2.75) is 45.6 Å². The maximum atomic E-state index is 13.8. The van der Waals surface area contributed by atoms with Crippen LogP contribution in [0.5, 0.6) is 5.75 Å². The van der Waals surface area contributed by atoms with Gasteiger partial charge in [-0.3, -0.25) is 9.89 Å². The molecule has 1 aromatic carbocycles. The Morgan fingerprint density at radius 3 is 3.08 bits per heavy atom. The van der Waals surface area contributed by atoms with E-state index in [0.29, 0.717) is 25.5 Å². The number of anilines is 2. The van der Waals surface area contributed by atoms with Gasteiger partial charge in [-0.15, -0.1) is 11.3 Å². The summed E-state index contributed by atoms with van der Waals surface area (Å²) in [5.74, 6) is 1.74. The number of aromatic amines is 1. The predicted molar refractivity (Wildman–Crippen MR) is 140 cm³/mol. The molecule has 0 unspecified atom stereocenters. The van der Waals surface area contributed by atoms with Gasteiger partial charge in [0.1, 0.15) is 22.7 Å². The van der Waals surface area contributed by atoms with Crippen LogP contribution in [0.4, 0.5) is 11.5 Å². The van der Waals surface area contributed by atoms with Crippen molar-refractivity contribution in [3.05, 3.63) is 35.1 Å². The first-order chi connectivity index (χ1) is 17.5. The van der Waals surface area contributed by atoms with E-state index in [-0.39, 0.29) is 17.4 Å². The van der Waals surface area contributed by atoms with E-state index in [9.17, 15) is 4.79 Å². The number of carbonyl (C=O) groups excluding carboxylic acids is 1. The molecular weight excluding hydrogens is 476 g/mol. The lowest BCUT2D eigenvalue weighted by atomic mass is 9.71. The summed E-state index contributed by atoms with van der Waals surface area (Å²) < 4.78 is 11.2. The van der Waals surface area contributed by atoms with Gasteiger partial charge in [0.2, 0.25) is 5.91 Å². The maximum absolute atomic E-state index is 13.8. The fourth-order valence-corrected chi connectivity index (χ4v) is 6.96. The molecule has 0 radical (unpaired) electrons. The molecule has 0 saturated carbocycles. The number of ether oxygens (including phenoxy) is 2. The molecular formula is C26H30N6O3S. The van der Waals surface area contributed by atoms with Crippen LogP contribution in [0.25, 0.3) is 21.1 Å². The molecule has 6 rings (SSSR count). The molecule has 2 aliphatic rings.